The molecule has 0 bridgehead atoms. The number of anilines is 2. The van der Waals surface area contributed by atoms with Crippen molar-refractivity contribution in [3.8, 4) is 0 Å². The zero-order valence-electron chi connectivity index (χ0n) is 15.9. The van der Waals surface area contributed by atoms with Crippen molar-refractivity contribution >= 4 is 51.4 Å². The number of H-pyrrole nitrogens is 1. The Morgan fingerprint density at radius 1 is 0.935 bits per heavy atom. The number of hydrogen-bond acceptors (Lipinski definition) is 3. The maximum Gasteiger partial charge on any atom is 0.323 e. The highest BCUT2D eigenvalue weighted by atomic mass is 35.5. The van der Waals surface area contributed by atoms with Gasteiger partial charge in [-0.05, 0) is 48.0 Å². The first-order chi connectivity index (χ1) is 14.9. The molecule has 4 aromatic rings. The Kier molecular flexibility index (Phi) is 5.88. The van der Waals surface area contributed by atoms with E-state index in [0.717, 1.165) is 5.56 Å². The van der Waals surface area contributed by atoms with Gasteiger partial charge in [0.15, 0.2) is 0 Å². The van der Waals surface area contributed by atoms with E-state index in [0.29, 0.717) is 44.3 Å². The third kappa shape index (κ3) is 4.84. The minimum Gasteiger partial charge on any atom is -0.308 e. The van der Waals surface area contributed by atoms with Gasteiger partial charge < -0.3 is 10.6 Å². The summed E-state index contributed by atoms with van der Waals surface area (Å²) in [5.41, 5.74) is 1.80. The number of halogens is 3. The van der Waals surface area contributed by atoms with Gasteiger partial charge in [0.25, 0.3) is 5.56 Å². The van der Waals surface area contributed by atoms with Crippen LogP contribution < -0.4 is 16.2 Å². The van der Waals surface area contributed by atoms with Crippen LogP contribution in [0.3, 0.4) is 0 Å². The van der Waals surface area contributed by atoms with Crippen molar-refractivity contribution < 1.29 is 9.18 Å². The van der Waals surface area contributed by atoms with Gasteiger partial charge in [-0.25, -0.2) is 14.3 Å². The minimum absolute atomic E-state index is 0.315. The molecule has 0 aliphatic rings. The molecule has 0 aliphatic carbocycles. The van der Waals surface area contributed by atoms with Crippen LogP contribution in [-0.2, 0) is 6.42 Å². The molecule has 1 heterocycles. The van der Waals surface area contributed by atoms with Crippen LogP contribution >= 0.6 is 23.2 Å². The molecule has 0 radical (unpaired) electrons. The lowest BCUT2D eigenvalue weighted by atomic mass is 10.0. The third-order valence-corrected chi connectivity index (χ3v) is 5.30. The van der Waals surface area contributed by atoms with Crippen molar-refractivity contribution in [3.63, 3.8) is 0 Å². The number of aromatic nitrogens is 2. The average molecular weight is 457 g/mol. The number of benzene rings is 3. The van der Waals surface area contributed by atoms with E-state index in [1.165, 1.54) is 18.2 Å². The molecule has 3 aromatic carbocycles. The van der Waals surface area contributed by atoms with Crippen molar-refractivity contribution in [2.45, 2.75) is 6.42 Å². The van der Waals surface area contributed by atoms with Crippen LogP contribution in [0.15, 0.2) is 65.5 Å². The number of aromatic amines is 1. The van der Waals surface area contributed by atoms with Gasteiger partial charge in [-0.15, -0.1) is 0 Å². The SMILES string of the molecule is O=C(Nc1ccc(Cl)c(Cl)c1)Nc1ccc2c(Cc3cccc(F)c3)n[nH]c(=O)c2c1. The van der Waals surface area contributed by atoms with Crippen LogP contribution in [0.5, 0.6) is 0 Å². The standard InChI is InChI=1S/C22H15Cl2FN4O2/c23-18-7-5-15(11-19(18)24)27-22(31)26-14-4-6-16-17(10-14)21(30)29-28-20(16)9-12-2-1-3-13(25)8-12/h1-8,10-11H,9H2,(H,29,30)(H2,26,27,31). The molecule has 6 nitrogen and oxygen atoms in total. The van der Waals surface area contributed by atoms with Crippen molar-refractivity contribution in [1.29, 1.82) is 0 Å². The van der Waals surface area contributed by atoms with Crippen LogP contribution in [0.25, 0.3) is 10.8 Å². The number of hydrogen-bond donors (Lipinski definition) is 3. The van der Waals surface area contributed by atoms with Crippen molar-refractivity contribution in [2.24, 2.45) is 0 Å². The summed E-state index contributed by atoms with van der Waals surface area (Å²) in [4.78, 5) is 24.6. The lowest BCUT2D eigenvalue weighted by molar-refractivity contribution is 0.262. The maximum atomic E-state index is 13.5. The summed E-state index contributed by atoms with van der Waals surface area (Å²) in [6, 6.07) is 15.3. The lowest BCUT2D eigenvalue weighted by Crippen LogP contribution is -2.20. The molecule has 0 unspecified atom stereocenters. The molecule has 4 rings (SSSR count). The van der Waals surface area contributed by atoms with E-state index >= 15 is 0 Å². The summed E-state index contributed by atoms with van der Waals surface area (Å²) in [5.74, 6) is -0.342. The van der Waals surface area contributed by atoms with E-state index in [9.17, 15) is 14.0 Å². The highest BCUT2D eigenvalue weighted by molar-refractivity contribution is 6.42. The zero-order chi connectivity index (χ0) is 22.0. The molecule has 9 heteroatoms. The van der Waals surface area contributed by atoms with Crippen LogP contribution in [-0.4, -0.2) is 16.2 Å². The Bertz CT molecular complexity index is 1360. The predicted octanol–water partition coefficient (Wildman–Crippen LogP) is 5.60. The van der Waals surface area contributed by atoms with Crippen LogP contribution in [0.1, 0.15) is 11.3 Å². The molecule has 3 N–H and O–H groups in total. The van der Waals surface area contributed by atoms with Gasteiger partial charge in [0.1, 0.15) is 5.82 Å². The van der Waals surface area contributed by atoms with Gasteiger partial charge in [0, 0.05) is 23.2 Å². The number of carbonyl (C=O) groups is 1. The van der Waals surface area contributed by atoms with Gasteiger partial charge >= 0.3 is 6.03 Å². The normalized spacial score (nSPS) is 10.8. The van der Waals surface area contributed by atoms with Crippen LogP contribution in [0.4, 0.5) is 20.6 Å². The Balaban J connectivity index is 1.57. The molecule has 156 valence electrons. The zero-order valence-corrected chi connectivity index (χ0v) is 17.4. The van der Waals surface area contributed by atoms with Gasteiger partial charge in [-0.1, -0.05) is 41.4 Å². The quantitative estimate of drug-likeness (QED) is 0.373. The molecule has 31 heavy (non-hydrogen) atoms. The molecule has 0 atom stereocenters. The van der Waals surface area contributed by atoms with Crippen molar-refractivity contribution in [2.75, 3.05) is 10.6 Å². The highest BCUT2D eigenvalue weighted by Gasteiger charge is 2.11. The largest absolute Gasteiger partial charge is 0.323 e. The second-order valence-electron chi connectivity index (χ2n) is 6.77. The molecule has 0 fully saturated rings. The predicted molar refractivity (Wildman–Crippen MR) is 121 cm³/mol. The molecule has 0 aliphatic heterocycles. The number of nitrogens with one attached hydrogen (secondary N) is 3. The lowest BCUT2D eigenvalue weighted by Gasteiger charge is -2.10. The molecule has 0 saturated carbocycles. The van der Waals surface area contributed by atoms with Gasteiger partial charge in [-0.3, -0.25) is 4.79 Å². The van der Waals surface area contributed by atoms with Gasteiger partial charge in [0.2, 0.25) is 0 Å². The molecular formula is C22H15Cl2FN4O2. The van der Waals surface area contributed by atoms with E-state index in [-0.39, 0.29) is 5.82 Å². The summed E-state index contributed by atoms with van der Waals surface area (Å²) in [7, 11) is 0. The maximum absolute atomic E-state index is 13.5. The van der Waals surface area contributed by atoms with E-state index < -0.39 is 11.6 Å². The molecule has 0 spiro atoms. The van der Waals surface area contributed by atoms with Crippen LogP contribution in [0.2, 0.25) is 10.0 Å². The van der Waals surface area contributed by atoms with E-state index in [2.05, 4.69) is 20.8 Å². The molecule has 1 aromatic heterocycles. The van der Waals surface area contributed by atoms with Gasteiger partial charge in [0.05, 0.1) is 21.1 Å². The fraction of sp³-hybridized carbons (Fsp3) is 0.0455. The summed E-state index contributed by atoms with van der Waals surface area (Å²) in [6.45, 7) is 0. The number of urea groups is 1. The minimum atomic E-state index is -0.511. The van der Waals surface area contributed by atoms with E-state index in [1.54, 1.807) is 42.5 Å². The second-order valence-corrected chi connectivity index (χ2v) is 7.59. The average Bonchev–Trinajstić information content (AvgIpc) is 2.73. The number of amides is 2. The smallest absolute Gasteiger partial charge is 0.308 e. The summed E-state index contributed by atoms with van der Waals surface area (Å²) >= 11 is 11.8. The third-order valence-electron chi connectivity index (χ3n) is 4.56. The summed E-state index contributed by atoms with van der Waals surface area (Å²) in [5, 5.41) is 13.5. The Morgan fingerprint density at radius 3 is 2.42 bits per heavy atom. The van der Waals surface area contributed by atoms with Crippen molar-refractivity contribution in [3.05, 3.63) is 98.1 Å². The van der Waals surface area contributed by atoms with Crippen LogP contribution in [0, 0.1) is 5.82 Å². The number of rotatable bonds is 4. The Hall–Kier alpha value is -3.42. The summed E-state index contributed by atoms with van der Waals surface area (Å²) in [6.07, 6.45) is 0.343. The monoisotopic (exact) mass is 456 g/mol. The van der Waals surface area contributed by atoms with E-state index in [1.807, 2.05) is 0 Å². The summed E-state index contributed by atoms with van der Waals surface area (Å²) < 4.78 is 13.5. The first kappa shape index (κ1) is 20.8. The fourth-order valence-corrected chi connectivity index (χ4v) is 3.44. The Morgan fingerprint density at radius 2 is 1.68 bits per heavy atom. The molecule has 0 saturated heterocycles. The van der Waals surface area contributed by atoms with Gasteiger partial charge in [-0.2, -0.15) is 5.10 Å². The van der Waals surface area contributed by atoms with E-state index in [4.69, 9.17) is 23.2 Å². The fourth-order valence-electron chi connectivity index (χ4n) is 3.14. The number of carbonyl (C=O) groups excluding carboxylic acids is 1. The number of fused-ring (bicyclic) bond motifs is 1. The van der Waals surface area contributed by atoms with Crippen molar-refractivity contribution in [1.82, 2.24) is 10.2 Å². The molecule has 2 amide bonds. The highest BCUT2D eigenvalue weighted by Crippen LogP contribution is 2.25. The topological polar surface area (TPSA) is 86.9 Å². The first-order valence-electron chi connectivity index (χ1n) is 9.18. The Labute approximate surface area is 186 Å². The number of nitrogens with zero attached hydrogens (tertiary/aromatic N) is 1. The first-order valence-corrected chi connectivity index (χ1v) is 9.93. The second kappa shape index (κ2) is 8.75. The molecular weight excluding hydrogens is 442 g/mol.